The number of nitrogens with zero attached hydrogens (tertiary/aromatic N) is 2. The first kappa shape index (κ1) is 8.78. The number of imidazole rings is 1. The van der Waals surface area contributed by atoms with Gasteiger partial charge in [0.1, 0.15) is 5.82 Å². The van der Waals surface area contributed by atoms with Crippen molar-refractivity contribution in [2.75, 3.05) is 0 Å². The summed E-state index contributed by atoms with van der Waals surface area (Å²) in [6.45, 7) is 7.87. The first-order valence-electron chi connectivity index (χ1n) is 4.07. The van der Waals surface area contributed by atoms with Crippen LogP contribution in [0.15, 0.2) is 31.1 Å². The SMILES string of the molecule is C=C/C=C\n1ccnc1C(C)C. The molecule has 0 N–H and O–H groups in total. The molecule has 0 unspecified atom stereocenters. The number of rotatable bonds is 3. The molecule has 2 heteroatoms. The van der Waals surface area contributed by atoms with Crippen molar-refractivity contribution in [3.8, 4) is 0 Å². The molecule has 1 rings (SSSR count). The second kappa shape index (κ2) is 3.90. The molecule has 64 valence electrons. The topological polar surface area (TPSA) is 17.8 Å². The zero-order valence-electron chi connectivity index (χ0n) is 7.57. The fourth-order valence-electron chi connectivity index (χ4n) is 1.05. The highest BCUT2D eigenvalue weighted by Crippen LogP contribution is 2.11. The maximum Gasteiger partial charge on any atom is 0.115 e. The average molecular weight is 162 g/mol. The van der Waals surface area contributed by atoms with Gasteiger partial charge in [0.15, 0.2) is 0 Å². The molecule has 0 spiro atoms. The van der Waals surface area contributed by atoms with Gasteiger partial charge >= 0.3 is 0 Å². The summed E-state index contributed by atoms with van der Waals surface area (Å²) in [6.07, 6.45) is 9.35. The summed E-state index contributed by atoms with van der Waals surface area (Å²) in [5.74, 6) is 1.53. The fourth-order valence-corrected chi connectivity index (χ4v) is 1.05. The van der Waals surface area contributed by atoms with E-state index in [2.05, 4.69) is 25.4 Å². The van der Waals surface area contributed by atoms with Crippen molar-refractivity contribution in [1.29, 1.82) is 0 Å². The molecule has 2 nitrogen and oxygen atoms in total. The largest absolute Gasteiger partial charge is 0.310 e. The summed E-state index contributed by atoms with van der Waals surface area (Å²) in [4.78, 5) is 4.25. The van der Waals surface area contributed by atoms with Crippen molar-refractivity contribution in [1.82, 2.24) is 9.55 Å². The van der Waals surface area contributed by atoms with E-state index in [9.17, 15) is 0 Å². The second-order valence-electron chi connectivity index (χ2n) is 2.92. The van der Waals surface area contributed by atoms with Crippen LogP contribution in [-0.2, 0) is 0 Å². The molecule has 1 heterocycles. The molecule has 0 saturated carbocycles. The Morgan fingerprint density at radius 1 is 1.58 bits per heavy atom. The number of aromatic nitrogens is 2. The lowest BCUT2D eigenvalue weighted by Gasteiger charge is -2.04. The van der Waals surface area contributed by atoms with E-state index in [0.29, 0.717) is 5.92 Å². The highest BCUT2D eigenvalue weighted by Gasteiger charge is 2.03. The van der Waals surface area contributed by atoms with E-state index in [0.717, 1.165) is 5.82 Å². The molecule has 0 fully saturated rings. The molecule has 0 bridgehead atoms. The van der Waals surface area contributed by atoms with Crippen LogP contribution in [0.5, 0.6) is 0 Å². The minimum atomic E-state index is 0.453. The van der Waals surface area contributed by atoms with E-state index >= 15 is 0 Å². The Morgan fingerprint density at radius 2 is 2.33 bits per heavy atom. The molecule has 0 aliphatic carbocycles. The standard InChI is InChI=1S/C10H14N2/c1-4-5-7-12-8-6-11-10(12)9(2)3/h4-9H,1H2,2-3H3/b7-5-. The third kappa shape index (κ3) is 1.84. The molecule has 12 heavy (non-hydrogen) atoms. The maximum absolute atomic E-state index is 4.25. The third-order valence-corrected chi connectivity index (χ3v) is 1.60. The zero-order chi connectivity index (χ0) is 8.97. The Labute approximate surface area is 73.2 Å². The lowest BCUT2D eigenvalue weighted by molar-refractivity contribution is 0.765. The summed E-state index contributed by atoms with van der Waals surface area (Å²) in [6, 6.07) is 0. The Kier molecular flexibility index (Phi) is 2.86. The van der Waals surface area contributed by atoms with Gasteiger partial charge in [0.05, 0.1) is 0 Å². The van der Waals surface area contributed by atoms with Crippen LogP contribution >= 0.6 is 0 Å². The Morgan fingerprint density at radius 3 is 2.92 bits per heavy atom. The third-order valence-electron chi connectivity index (χ3n) is 1.60. The molecule has 1 aromatic heterocycles. The van der Waals surface area contributed by atoms with Gasteiger partial charge in [-0.15, -0.1) is 0 Å². The number of hydrogen-bond acceptors (Lipinski definition) is 1. The van der Waals surface area contributed by atoms with Crippen LogP contribution < -0.4 is 0 Å². The molecule has 0 radical (unpaired) electrons. The van der Waals surface area contributed by atoms with Crippen LogP contribution in [0.25, 0.3) is 6.20 Å². The van der Waals surface area contributed by atoms with Gasteiger partial charge in [-0.2, -0.15) is 0 Å². The van der Waals surface area contributed by atoms with Gasteiger partial charge in [0.2, 0.25) is 0 Å². The van der Waals surface area contributed by atoms with Gasteiger partial charge in [-0.25, -0.2) is 4.98 Å². The van der Waals surface area contributed by atoms with Crippen molar-refractivity contribution in [3.63, 3.8) is 0 Å². The predicted octanol–water partition coefficient (Wildman–Crippen LogP) is 2.66. The van der Waals surface area contributed by atoms with Crippen LogP contribution in [-0.4, -0.2) is 9.55 Å². The van der Waals surface area contributed by atoms with Crippen molar-refractivity contribution in [2.24, 2.45) is 0 Å². The van der Waals surface area contributed by atoms with Gasteiger partial charge in [0, 0.05) is 24.5 Å². The van der Waals surface area contributed by atoms with Crippen LogP contribution in [0.2, 0.25) is 0 Å². The molecule has 0 aliphatic rings. The highest BCUT2D eigenvalue weighted by atomic mass is 15.0. The van der Waals surface area contributed by atoms with Crippen molar-refractivity contribution in [3.05, 3.63) is 36.9 Å². The van der Waals surface area contributed by atoms with E-state index in [1.165, 1.54) is 0 Å². The highest BCUT2D eigenvalue weighted by molar-refractivity contribution is 5.29. The molecule has 0 aromatic carbocycles. The van der Waals surface area contributed by atoms with Crippen molar-refractivity contribution >= 4 is 6.20 Å². The predicted molar refractivity (Wildman–Crippen MR) is 51.8 cm³/mol. The van der Waals surface area contributed by atoms with Gasteiger partial charge in [-0.1, -0.05) is 26.5 Å². The van der Waals surface area contributed by atoms with Gasteiger partial charge in [-0.05, 0) is 6.08 Å². The molecule has 0 saturated heterocycles. The molecule has 0 atom stereocenters. The number of hydrogen-bond donors (Lipinski definition) is 0. The Hall–Kier alpha value is -1.31. The van der Waals surface area contributed by atoms with Crippen LogP contribution in [0, 0.1) is 0 Å². The van der Waals surface area contributed by atoms with E-state index in [1.54, 1.807) is 6.08 Å². The second-order valence-corrected chi connectivity index (χ2v) is 2.92. The molecule has 0 aliphatic heterocycles. The minimum Gasteiger partial charge on any atom is -0.310 e. The average Bonchev–Trinajstić information content (AvgIpc) is 2.48. The summed E-state index contributed by atoms with van der Waals surface area (Å²) in [5, 5.41) is 0. The molecular weight excluding hydrogens is 148 g/mol. The smallest absolute Gasteiger partial charge is 0.115 e. The molecule has 0 amide bonds. The molecular formula is C10H14N2. The van der Waals surface area contributed by atoms with Crippen LogP contribution in [0.4, 0.5) is 0 Å². The van der Waals surface area contributed by atoms with E-state index < -0.39 is 0 Å². The maximum atomic E-state index is 4.25. The van der Waals surface area contributed by atoms with Gasteiger partial charge < -0.3 is 4.57 Å². The summed E-state index contributed by atoms with van der Waals surface area (Å²) < 4.78 is 2.01. The number of allylic oxidation sites excluding steroid dienone is 2. The molecule has 1 aromatic rings. The van der Waals surface area contributed by atoms with Gasteiger partial charge in [0.25, 0.3) is 0 Å². The zero-order valence-corrected chi connectivity index (χ0v) is 7.57. The van der Waals surface area contributed by atoms with Gasteiger partial charge in [-0.3, -0.25) is 0 Å². The Balaban J connectivity index is 2.91. The van der Waals surface area contributed by atoms with Crippen LogP contribution in [0.1, 0.15) is 25.6 Å². The monoisotopic (exact) mass is 162 g/mol. The summed E-state index contributed by atoms with van der Waals surface area (Å²) in [7, 11) is 0. The lowest BCUT2D eigenvalue weighted by Crippen LogP contribution is -1.97. The summed E-state index contributed by atoms with van der Waals surface area (Å²) >= 11 is 0. The first-order valence-corrected chi connectivity index (χ1v) is 4.07. The normalized spacial score (nSPS) is 11.2. The minimum absolute atomic E-state index is 0.453. The van der Waals surface area contributed by atoms with Crippen LogP contribution in [0.3, 0.4) is 0 Å². The lowest BCUT2D eigenvalue weighted by atomic mass is 10.2. The Bertz CT molecular complexity index is 282. The first-order chi connectivity index (χ1) is 5.75. The van der Waals surface area contributed by atoms with E-state index in [1.807, 2.05) is 29.2 Å². The van der Waals surface area contributed by atoms with E-state index in [4.69, 9.17) is 0 Å². The van der Waals surface area contributed by atoms with E-state index in [-0.39, 0.29) is 0 Å². The summed E-state index contributed by atoms with van der Waals surface area (Å²) in [5.41, 5.74) is 0. The fraction of sp³-hybridized carbons (Fsp3) is 0.300. The van der Waals surface area contributed by atoms with Crippen molar-refractivity contribution < 1.29 is 0 Å². The quantitative estimate of drug-likeness (QED) is 0.625. The van der Waals surface area contributed by atoms with Crippen molar-refractivity contribution in [2.45, 2.75) is 19.8 Å².